The molecule has 0 radical (unpaired) electrons. The van der Waals surface area contributed by atoms with Crippen LogP contribution < -0.4 is 0 Å². The maximum Gasteiger partial charge on any atom is 0.00146 e. The van der Waals surface area contributed by atoms with Gasteiger partial charge in [0, 0.05) is 6.54 Å². The first-order valence-electron chi connectivity index (χ1n) is 4.07. The van der Waals surface area contributed by atoms with Crippen LogP contribution in [0.2, 0.25) is 0 Å². The van der Waals surface area contributed by atoms with Gasteiger partial charge in [-0.3, -0.25) is 0 Å². The van der Waals surface area contributed by atoms with Gasteiger partial charge in [-0.25, -0.2) is 0 Å². The Kier molecular flexibility index (Phi) is 6.24. The van der Waals surface area contributed by atoms with Gasteiger partial charge >= 0.3 is 0 Å². The van der Waals surface area contributed by atoms with E-state index in [-0.39, 0.29) is 0 Å². The summed E-state index contributed by atoms with van der Waals surface area (Å²) in [6, 6.07) is 0. The second kappa shape index (κ2) is 6.05. The molecule has 0 fully saturated rings. The number of rotatable bonds is 5. The van der Waals surface area contributed by atoms with E-state index in [4.69, 9.17) is 0 Å². The van der Waals surface area contributed by atoms with Crippen LogP contribution in [0.3, 0.4) is 0 Å². The van der Waals surface area contributed by atoms with Crippen LogP contribution in [0.1, 0.15) is 20.8 Å². The Bertz CT molecular complexity index is 71.7. The van der Waals surface area contributed by atoms with Gasteiger partial charge in [0.15, 0.2) is 0 Å². The van der Waals surface area contributed by atoms with E-state index in [1.165, 1.54) is 6.54 Å². The monoisotopic (exact) mass is 161 g/mol. The molecule has 62 valence electrons. The van der Waals surface area contributed by atoms with Crippen LogP contribution in [-0.2, 0) is 0 Å². The fourth-order valence-corrected chi connectivity index (χ4v) is 1.10. The first-order chi connectivity index (χ1) is 4.74. The Hall–Kier alpha value is 0.310. The summed E-state index contributed by atoms with van der Waals surface area (Å²) in [5.41, 5.74) is 0. The van der Waals surface area contributed by atoms with Crippen molar-refractivity contribution in [2.45, 2.75) is 20.8 Å². The second-order valence-corrected chi connectivity index (χ2v) is 3.14. The second-order valence-electron chi connectivity index (χ2n) is 2.77. The van der Waals surface area contributed by atoms with Crippen molar-refractivity contribution in [3.05, 3.63) is 0 Å². The van der Waals surface area contributed by atoms with E-state index in [0.717, 1.165) is 24.8 Å². The zero-order valence-electron chi connectivity index (χ0n) is 7.30. The van der Waals surface area contributed by atoms with Gasteiger partial charge in [-0.15, -0.1) is 0 Å². The molecule has 10 heavy (non-hydrogen) atoms. The maximum absolute atomic E-state index is 4.24. The predicted molar refractivity (Wildman–Crippen MR) is 50.8 cm³/mol. The standard InChI is InChI=1S/C8H19NS/c1-4-9(5-2)6-8(3)7-10/h8,10H,4-7H2,1-3H3. The lowest BCUT2D eigenvalue weighted by molar-refractivity contribution is 0.271. The topological polar surface area (TPSA) is 3.24 Å². The van der Waals surface area contributed by atoms with Crippen molar-refractivity contribution in [2.24, 2.45) is 5.92 Å². The fourth-order valence-electron chi connectivity index (χ4n) is 0.980. The van der Waals surface area contributed by atoms with Gasteiger partial charge in [0.2, 0.25) is 0 Å². The van der Waals surface area contributed by atoms with Gasteiger partial charge in [-0.2, -0.15) is 12.6 Å². The van der Waals surface area contributed by atoms with E-state index in [1.54, 1.807) is 0 Å². The van der Waals surface area contributed by atoms with E-state index < -0.39 is 0 Å². The summed E-state index contributed by atoms with van der Waals surface area (Å²) in [5.74, 6) is 1.72. The molecule has 0 saturated carbocycles. The van der Waals surface area contributed by atoms with Crippen molar-refractivity contribution in [2.75, 3.05) is 25.4 Å². The molecule has 0 bridgehead atoms. The molecule has 0 aliphatic rings. The summed E-state index contributed by atoms with van der Waals surface area (Å²) in [6.07, 6.45) is 0. The molecule has 0 saturated heterocycles. The average Bonchev–Trinajstić information content (AvgIpc) is 1.99. The van der Waals surface area contributed by atoms with Crippen LogP contribution in [0.15, 0.2) is 0 Å². The molecule has 0 amide bonds. The summed E-state index contributed by atoms with van der Waals surface area (Å²) in [6.45, 7) is 10.2. The largest absolute Gasteiger partial charge is 0.304 e. The number of thiol groups is 1. The predicted octanol–water partition coefficient (Wildman–Crippen LogP) is 1.89. The summed E-state index contributed by atoms with van der Waals surface area (Å²) in [5, 5.41) is 0. The molecular weight excluding hydrogens is 142 g/mol. The Morgan fingerprint density at radius 2 is 1.80 bits per heavy atom. The van der Waals surface area contributed by atoms with Crippen LogP contribution in [-0.4, -0.2) is 30.3 Å². The van der Waals surface area contributed by atoms with E-state index >= 15 is 0 Å². The molecule has 2 heteroatoms. The summed E-state index contributed by atoms with van der Waals surface area (Å²) in [7, 11) is 0. The van der Waals surface area contributed by atoms with Crippen molar-refractivity contribution in [1.29, 1.82) is 0 Å². The minimum Gasteiger partial charge on any atom is -0.304 e. The highest BCUT2D eigenvalue weighted by Gasteiger charge is 2.03. The van der Waals surface area contributed by atoms with Crippen LogP contribution in [0.5, 0.6) is 0 Å². The molecular formula is C8H19NS. The van der Waals surface area contributed by atoms with Gasteiger partial charge in [0.05, 0.1) is 0 Å². The molecule has 0 aromatic heterocycles. The van der Waals surface area contributed by atoms with Crippen molar-refractivity contribution >= 4 is 12.6 Å². The molecule has 0 aromatic carbocycles. The molecule has 0 aliphatic carbocycles. The lowest BCUT2D eigenvalue weighted by atomic mass is 10.2. The molecule has 0 aromatic rings. The van der Waals surface area contributed by atoms with E-state index in [1.807, 2.05) is 0 Å². The fraction of sp³-hybridized carbons (Fsp3) is 1.00. The lowest BCUT2D eigenvalue weighted by Gasteiger charge is -2.21. The van der Waals surface area contributed by atoms with E-state index in [0.29, 0.717) is 0 Å². The molecule has 0 aliphatic heterocycles. The van der Waals surface area contributed by atoms with Gasteiger partial charge in [-0.1, -0.05) is 20.8 Å². The molecule has 1 unspecified atom stereocenters. The highest BCUT2D eigenvalue weighted by Crippen LogP contribution is 2.00. The zero-order valence-corrected chi connectivity index (χ0v) is 8.19. The van der Waals surface area contributed by atoms with Crippen LogP contribution in [0.25, 0.3) is 0 Å². The highest BCUT2D eigenvalue weighted by molar-refractivity contribution is 7.80. The van der Waals surface area contributed by atoms with Gasteiger partial charge in [0.1, 0.15) is 0 Å². The Morgan fingerprint density at radius 1 is 1.30 bits per heavy atom. The summed E-state index contributed by atoms with van der Waals surface area (Å²) in [4.78, 5) is 2.43. The SMILES string of the molecule is CCN(CC)CC(C)CS. The molecule has 0 rings (SSSR count). The van der Waals surface area contributed by atoms with Crippen LogP contribution in [0.4, 0.5) is 0 Å². The maximum atomic E-state index is 4.24. The van der Waals surface area contributed by atoms with E-state index in [2.05, 4.69) is 38.3 Å². The van der Waals surface area contributed by atoms with Crippen molar-refractivity contribution in [1.82, 2.24) is 4.90 Å². The van der Waals surface area contributed by atoms with Gasteiger partial charge in [0.25, 0.3) is 0 Å². The first kappa shape index (κ1) is 10.3. The van der Waals surface area contributed by atoms with Crippen LogP contribution in [0, 0.1) is 5.92 Å². The normalized spacial score (nSPS) is 14.1. The molecule has 1 atom stereocenters. The quantitative estimate of drug-likeness (QED) is 0.603. The lowest BCUT2D eigenvalue weighted by Crippen LogP contribution is -2.28. The van der Waals surface area contributed by atoms with Crippen molar-refractivity contribution < 1.29 is 0 Å². The minimum atomic E-state index is 0.725. The number of hydrogen-bond acceptors (Lipinski definition) is 2. The first-order valence-corrected chi connectivity index (χ1v) is 4.71. The third-order valence-corrected chi connectivity index (χ3v) is 2.40. The Morgan fingerprint density at radius 3 is 2.10 bits per heavy atom. The smallest absolute Gasteiger partial charge is 0.00146 e. The van der Waals surface area contributed by atoms with Crippen molar-refractivity contribution in [3.8, 4) is 0 Å². The number of nitrogens with zero attached hydrogens (tertiary/aromatic N) is 1. The molecule has 0 spiro atoms. The average molecular weight is 161 g/mol. The van der Waals surface area contributed by atoms with Gasteiger partial charge in [-0.05, 0) is 24.8 Å². The van der Waals surface area contributed by atoms with Gasteiger partial charge < -0.3 is 4.90 Å². The molecule has 1 nitrogen and oxygen atoms in total. The number of hydrogen-bond donors (Lipinski definition) is 1. The van der Waals surface area contributed by atoms with E-state index in [9.17, 15) is 0 Å². The van der Waals surface area contributed by atoms with Crippen molar-refractivity contribution in [3.63, 3.8) is 0 Å². The summed E-state index contributed by atoms with van der Waals surface area (Å²) >= 11 is 4.24. The minimum absolute atomic E-state index is 0.725. The molecule has 0 heterocycles. The Balaban J connectivity index is 3.41. The third-order valence-electron chi connectivity index (χ3n) is 1.78. The zero-order chi connectivity index (χ0) is 7.98. The van der Waals surface area contributed by atoms with Crippen LogP contribution >= 0.6 is 12.6 Å². The molecule has 0 N–H and O–H groups in total. The summed E-state index contributed by atoms with van der Waals surface area (Å²) < 4.78 is 0. The third kappa shape index (κ3) is 4.18. The Labute approximate surface area is 70.2 Å². The highest BCUT2D eigenvalue weighted by atomic mass is 32.1.